The van der Waals surface area contributed by atoms with Gasteiger partial charge in [-0.15, -0.1) is 0 Å². The molecule has 0 amide bonds. The smallest absolute Gasteiger partial charge is 0.267 e. The highest BCUT2D eigenvalue weighted by Crippen LogP contribution is 2.31. The molecule has 15 heavy (non-hydrogen) atoms. The lowest BCUT2D eigenvalue weighted by Crippen LogP contribution is -2.07. The summed E-state index contributed by atoms with van der Waals surface area (Å²) in [5.41, 5.74) is 5.11. The molecule has 0 aromatic heterocycles. The maximum Gasteiger partial charge on any atom is 0.267 e. The molecule has 0 aliphatic rings. The standard InChI is InChI=1S/C10H13F2NO2/c11-10(12)7-5-6(1-2-9(7)15)8(14)3-4-13/h1-2,5,8,10,14-15H,3-4,13H2. The van der Waals surface area contributed by atoms with E-state index in [1.54, 1.807) is 0 Å². The molecule has 84 valence electrons. The highest BCUT2D eigenvalue weighted by atomic mass is 19.3. The molecule has 0 aliphatic heterocycles. The zero-order valence-corrected chi connectivity index (χ0v) is 8.03. The second-order valence-corrected chi connectivity index (χ2v) is 3.21. The second-order valence-electron chi connectivity index (χ2n) is 3.21. The minimum Gasteiger partial charge on any atom is -0.507 e. The van der Waals surface area contributed by atoms with Gasteiger partial charge in [-0.25, -0.2) is 8.78 Å². The predicted octanol–water partition coefficient (Wildman–Crippen LogP) is 1.71. The van der Waals surface area contributed by atoms with Crippen molar-refractivity contribution in [3.05, 3.63) is 29.3 Å². The monoisotopic (exact) mass is 217 g/mol. The second kappa shape index (κ2) is 5.04. The van der Waals surface area contributed by atoms with Gasteiger partial charge in [0.2, 0.25) is 0 Å². The van der Waals surface area contributed by atoms with E-state index in [4.69, 9.17) is 10.8 Å². The van der Waals surface area contributed by atoms with E-state index in [-0.39, 0.29) is 6.54 Å². The first kappa shape index (κ1) is 11.9. The first-order valence-corrected chi connectivity index (χ1v) is 4.55. The third-order valence-corrected chi connectivity index (χ3v) is 2.11. The Morgan fingerprint density at radius 3 is 2.53 bits per heavy atom. The number of rotatable bonds is 4. The van der Waals surface area contributed by atoms with Crippen molar-refractivity contribution in [1.82, 2.24) is 0 Å². The molecule has 3 nitrogen and oxygen atoms in total. The molecule has 0 spiro atoms. The Hall–Kier alpha value is -1.20. The average molecular weight is 217 g/mol. The van der Waals surface area contributed by atoms with Crippen molar-refractivity contribution in [1.29, 1.82) is 0 Å². The largest absolute Gasteiger partial charge is 0.507 e. The summed E-state index contributed by atoms with van der Waals surface area (Å²) in [6, 6.07) is 3.65. The van der Waals surface area contributed by atoms with Crippen molar-refractivity contribution in [3.8, 4) is 5.75 Å². The van der Waals surface area contributed by atoms with Crippen molar-refractivity contribution < 1.29 is 19.0 Å². The number of phenolic OH excluding ortho intramolecular Hbond substituents is 1. The van der Waals surface area contributed by atoms with Gasteiger partial charge in [-0.05, 0) is 30.7 Å². The van der Waals surface area contributed by atoms with Gasteiger partial charge in [0.25, 0.3) is 6.43 Å². The topological polar surface area (TPSA) is 66.5 Å². The lowest BCUT2D eigenvalue weighted by molar-refractivity contribution is 0.145. The zero-order chi connectivity index (χ0) is 11.4. The van der Waals surface area contributed by atoms with Gasteiger partial charge in [-0.1, -0.05) is 6.07 Å². The molecular formula is C10H13F2NO2. The maximum absolute atomic E-state index is 12.4. The molecule has 1 aromatic rings. The number of hydrogen-bond acceptors (Lipinski definition) is 3. The Morgan fingerprint density at radius 2 is 2.00 bits per heavy atom. The number of aromatic hydroxyl groups is 1. The fourth-order valence-corrected chi connectivity index (χ4v) is 1.28. The van der Waals surface area contributed by atoms with Gasteiger partial charge in [0.05, 0.1) is 11.7 Å². The van der Waals surface area contributed by atoms with Crippen LogP contribution in [0.15, 0.2) is 18.2 Å². The maximum atomic E-state index is 12.4. The van der Waals surface area contributed by atoms with Crippen LogP contribution in [0.25, 0.3) is 0 Å². The molecule has 1 rings (SSSR count). The van der Waals surface area contributed by atoms with Crippen LogP contribution in [0.2, 0.25) is 0 Å². The highest BCUT2D eigenvalue weighted by molar-refractivity contribution is 5.37. The van der Waals surface area contributed by atoms with Crippen molar-refractivity contribution >= 4 is 0 Å². The predicted molar refractivity (Wildman–Crippen MR) is 51.7 cm³/mol. The van der Waals surface area contributed by atoms with Crippen LogP contribution in [-0.4, -0.2) is 16.8 Å². The lowest BCUT2D eigenvalue weighted by atomic mass is 10.0. The third kappa shape index (κ3) is 2.87. The van der Waals surface area contributed by atoms with Crippen molar-refractivity contribution in [2.75, 3.05) is 6.54 Å². The molecule has 0 aliphatic carbocycles. The molecule has 0 fully saturated rings. The van der Waals surface area contributed by atoms with Crippen LogP contribution in [0.4, 0.5) is 8.78 Å². The van der Waals surface area contributed by atoms with Gasteiger partial charge in [0.1, 0.15) is 5.75 Å². The SMILES string of the molecule is NCCC(O)c1ccc(O)c(C(F)F)c1. The van der Waals surface area contributed by atoms with Crippen molar-refractivity contribution in [2.24, 2.45) is 5.73 Å². The number of phenols is 1. The van der Waals surface area contributed by atoms with Crippen LogP contribution < -0.4 is 5.73 Å². The molecule has 1 atom stereocenters. The Morgan fingerprint density at radius 1 is 1.33 bits per heavy atom. The summed E-state index contributed by atoms with van der Waals surface area (Å²) in [6.07, 6.45) is -3.32. The minimum absolute atomic E-state index is 0.270. The number of alkyl halides is 2. The molecule has 0 heterocycles. The van der Waals surface area contributed by atoms with Gasteiger partial charge in [0.15, 0.2) is 0 Å². The van der Waals surface area contributed by atoms with Crippen LogP contribution in [0.3, 0.4) is 0 Å². The van der Waals surface area contributed by atoms with E-state index in [9.17, 15) is 13.9 Å². The summed E-state index contributed by atoms with van der Waals surface area (Å²) in [5, 5.41) is 18.6. The van der Waals surface area contributed by atoms with Crippen molar-refractivity contribution in [2.45, 2.75) is 19.0 Å². The van der Waals surface area contributed by atoms with E-state index in [0.717, 1.165) is 12.1 Å². The fraction of sp³-hybridized carbons (Fsp3) is 0.400. The molecule has 0 saturated heterocycles. The van der Waals surface area contributed by atoms with Gasteiger partial charge >= 0.3 is 0 Å². The number of nitrogens with two attached hydrogens (primary N) is 1. The van der Waals surface area contributed by atoms with Crippen LogP contribution in [-0.2, 0) is 0 Å². The Balaban J connectivity index is 2.96. The molecule has 0 radical (unpaired) electrons. The number of halogens is 2. The first-order valence-electron chi connectivity index (χ1n) is 4.55. The first-order chi connectivity index (χ1) is 7.06. The van der Waals surface area contributed by atoms with Crippen LogP contribution >= 0.6 is 0 Å². The summed E-state index contributed by atoms with van der Waals surface area (Å²) in [4.78, 5) is 0. The van der Waals surface area contributed by atoms with Gasteiger partial charge in [0, 0.05) is 0 Å². The van der Waals surface area contributed by atoms with Gasteiger partial charge in [-0.2, -0.15) is 0 Å². The van der Waals surface area contributed by atoms with E-state index >= 15 is 0 Å². The zero-order valence-electron chi connectivity index (χ0n) is 8.03. The molecule has 5 heteroatoms. The van der Waals surface area contributed by atoms with Crippen LogP contribution in [0.1, 0.15) is 30.1 Å². The number of aliphatic hydroxyl groups excluding tert-OH is 1. The van der Waals surface area contributed by atoms with E-state index in [2.05, 4.69) is 0 Å². The molecule has 1 aromatic carbocycles. The number of hydrogen-bond donors (Lipinski definition) is 3. The summed E-state index contributed by atoms with van der Waals surface area (Å²) in [6.45, 7) is 0.270. The van der Waals surface area contributed by atoms with Gasteiger partial charge in [-0.3, -0.25) is 0 Å². The summed E-state index contributed by atoms with van der Waals surface area (Å²) in [5.74, 6) is -0.464. The molecule has 0 saturated carbocycles. The lowest BCUT2D eigenvalue weighted by Gasteiger charge is -2.12. The van der Waals surface area contributed by atoms with Gasteiger partial charge < -0.3 is 15.9 Å². The Kier molecular flexibility index (Phi) is 3.99. The average Bonchev–Trinajstić information content (AvgIpc) is 2.18. The van der Waals surface area contributed by atoms with Crippen LogP contribution in [0, 0.1) is 0 Å². The number of aliphatic hydroxyl groups is 1. The summed E-state index contributed by atoms with van der Waals surface area (Å²) in [7, 11) is 0. The minimum atomic E-state index is -2.75. The normalized spacial score (nSPS) is 13.1. The quantitative estimate of drug-likeness (QED) is 0.719. The summed E-state index contributed by atoms with van der Waals surface area (Å²) >= 11 is 0. The Labute approximate surface area is 86.2 Å². The molecule has 0 bridgehead atoms. The Bertz CT molecular complexity index is 331. The molecule has 4 N–H and O–H groups in total. The van der Waals surface area contributed by atoms with E-state index < -0.39 is 23.8 Å². The van der Waals surface area contributed by atoms with Crippen molar-refractivity contribution in [3.63, 3.8) is 0 Å². The molecular weight excluding hydrogens is 204 g/mol. The fourth-order valence-electron chi connectivity index (χ4n) is 1.28. The molecule has 1 unspecified atom stereocenters. The summed E-state index contributed by atoms with van der Waals surface area (Å²) < 4.78 is 24.8. The van der Waals surface area contributed by atoms with Crippen LogP contribution in [0.5, 0.6) is 5.75 Å². The highest BCUT2D eigenvalue weighted by Gasteiger charge is 2.15. The van der Waals surface area contributed by atoms with E-state index in [1.807, 2.05) is 0 Å². The van der Waals surface area contributed by atoms with E-state index in [0.29, 0.717) is 12.0 Å². The third-order valence-electron chi connectivity index (χ3n) is 2.11. The number of benzene rings is 1. The van der Waals surface area contributed by atoms with E-state index in [1.165, 1.54) is 6.07 Å².